The lowest BCUT2D eigenvalue weighted by Gasteiger charge is -2.25. The van der Waals surface area contributed by atoms with Crippen LogP contribution in [-0.4, -0.2) is 39.7 Å². The third kappa shape index (κ3) is 2.67. The van der Waals surface area contributed by atoms with Crippen molar-refractivity contribution in [3.05, 3.63) is 130 Å². The molecule has 6 bridgehead atoms. The first-order valence-electron chi connectivity index (χ1n) is 13.7. The Hall–Kier alpha value is -5.96. The molecule has 4 aliphatic rings. The molecule has 196 valence electrons. The molecule has 42 heavy (non-hydrogen) atoms. The van der Waals surface area contributed by atoms with Gasteiger partial charge in [-0.05, 0) is 0 Å². The van der Waals surface area contributed by atoms with Crippen LogP contribution in [0.25, 0.3) is 21.5 Å². The standard InChI is InChI=1S/C33H19N9/c1-40-41-30-22-14-6-7-15-23(22)32(41)38-28-20-12-4-5-13-21(20)29(35-28)39-33-25-17-9-8-16-24(25)31(42(33)40)37-27-19-11-3-2-10-18(19)26(34-27)36-30/h2-17H,1H3. The van der Waals surface area contributed by atoms with Crippen molar-refractivity contribution >= 4 is 56.5 Å². The highest BCUT2D eigenvalue weighted by molar-refractivity contribution is 6.25. The zero-order valence-corrected chi connectivity index (χ0v) is 22.3. The molecule has 2 aromatic heterocycles. The molecule has 9 nitrogen and oxygen atoms in total. The van der Waals surface area contributed by atoms with E-state index in [1.165, 1.54) is 0 Å². The Bertz CT molecular complexity index is 2320. The van der Waals surface area contributed by atoms with Crippen LogP contribution < -0.4 is 16.1 Å². The zero-order valence-electron chi connectivity index (χ0n) is 22.3. The van der Waals surface area contributed by atoms with E-state index in [1.807, 2.05) is 70.0 Å². The number of aromatic nitrogens is 2. The average molecular weight is 542 g/mol. The summed E-state index contributed by atoms with van der Waals surface area (Å²) in [6.45, 7) is 0. The second-order valence-corrected chi connectivity index (χ2v) is 10.6. The quantitative estimate of drug-likeness (QED) is 0.277. The van der Waals surface area contributed by atoms with Crippen molar-refractivity contribution in [1.82, 2.24) is 9.35 Å². The molecular formula is C33H19N9. The third-order valence-corrected chi connectivity index (χ3v) is 8.29. The van der Waals surface area contributed by atoms with Gasteiger partial charge in [0.25, 0.3) is 0 Å². The van der Waals surface area contributed by atoms with Crippen molar-refractivity contribution in [1.29, 1.82) is 0 Å². The average Bonchev–Trinajstić information content (AvgIpc) is 3.74. The first-order valence-corrected chi connectivity index (χ1v) is 13.7. The fraction of sp³-hybridized carbons (Fsp3) is 0.0303. The SMILES string of the molecule is CN1n2c3c4ccccc4c2N=C2N=C(N=c4c5ccccc5c(n41)=NC1=NC(=N3)c3ccccc31)c1ccccc12. The molecular weight excluding hydrogens is 522 g/mol. The van der Waals surface area contributed by atoms with Crippen molar-refractivity contribution < 1.29 is 0 Å². The first kappa shape index (κ1) is 21.8. The predicted molar refractivity (Wildman–Crippen MR) is 164 cm³/mol. The van der Waals surface area contributed by atoms with E-state index in [9.17, 15) is 0 Å². The summed E-state index contributed by atoms with van der Waals surface area (Å²) in [6.07, 6.45) is 0. The topological polar surface area (TPSA) is 87.3 Å². The Labute approximate surface area is 238 Å². The van der Waals surface area contributed by atoms with Gasteiger partial charge in [0, 0.05) is 50.8 Å². The minimum absolute atomic E-state index is 0.620. The van der Waals surface area contributed by atoms with Crippen LogP contribution >= 0.6 is 0 Å². The van der Waals surface area contributed by atoms with Crippen molar-refractivity contribution in [3.63, 3.8) is 0 Å². The molecule has 6 aromatic rings. The van der Waals surface area contributed by atoms with Crippen LogP contribution in [0.3, 0.4) is 0 Å². The van der Waals surface area contributed by atoms with E-state index in [0.29, 0.717) is 23.3 Å². The van der Waals surface area contributed by atoms with Gasteiger partial charge in [0.2, 0.25) is 0 Å². The fourth-order valence-electron chi connectivity index (χ4n) is 6.40. The van der Waals surface area contributed by atoms with Crippen molar-refractivity contribution in [3.8, 4) is 0 Å². The summed E-state index contributed by atoms with van der Waals surface area (Å²) in [5.41, 5.74) is 5.22. The molecule has 0 amide bonds. The molecule has 0 atom stereocenters. The van der Waals surface area contributed by atoms with Gasteiger partial charge in [-0.25, -0.2) is 44.4 Å². The number of hydrogen-bond donors (Lipinski definition) is 0. The molecule has 0 saturated carbocycles. The lowest BCUT2D eigenvalue weighted by atomic mass is 10.1. The minimum Gasteiger partial charge on any atom is -0.214 e. The predicted octanol–water partition coefficient (Wildman–Crippen LogP) is 4.57. The van der Waals surface area contributed by atoms with Gasteiger partial charge in [-0.3, -0.25) is 0 Å². The molecule has 0 unspecified atom stereocenters. The van der Waals surface area contributed by atoms with Gasteiger partial charge in [0.15, 0.2) is 46.0 Å². The number of rotatable bonds is 0. The van der Waals surface area contributed by atoms with Gasteiger partial charge in [0.05, 0.1) is 0 Å². The summed E-state index contributed by atoms with van der Waals surface area (Å²) < 4.78 is 4.06. The van der Waals surface area contributed by atoms with Crippen molar-refractivity contribution in [2.45, 2.75) is 0 Å². The molecule has 10 rings (SSSR count). The van der Waals surface area contributed by atoms with Crippen LogP contribution in [0.2, 0.25) is 0 Å². The number of fused-ring (bicyclic) bond motifs is 14. The van der Waals surface area contributed by atoms with E-state index in [0.717, 1.165) is 66.4 Å². The summed E-state index contributed by atoms with van der Waals surface area (Å²) in [5.74, 6) is 3.91. The Morgan fingerprint density at radius 1 is 0.381 bits per heavy atom. The number of benzene rings is 4. The second-order valence-electron chi connectivity index (χ2n) is 10.6. The van der Waals surface area contributed by atoms with Gasteiger partial charge in [-0.2, -0.15) is 0 Å². The number of hydrogen-bond acceptors (Lipinski definition) is 7. The monoisotopic (exact) mass is 541 g/mol. The molecule has 0 aliphatic carbocycles. The number of nitrogens with zero attached hydrogens (tertiary/aromatic N) is 9. The maximum Gasteiger partial charge on any atom is 0.165 e. The van der Waals surface area contributed by atoms with Crippen LogP contribution in [0.15, 0.2) is 127 Å². The van der Waals surface area contributed by atoms with E-state index in [4.69, 9.17) is 30.0 Å². The maximum atomic E-state index is 5.23. The van der Waals surface area contributed by atoms with E-state index < -0.39 is 0 Å². The maximum absolute atomic E-state index is 5.23. The van der Waals surface area contributed by atoms with Crippen LogP contribution in [0.4, 0.5) is 11.6 Å². The normalized spacial score (nSPS) is 15.7. The van der Waals surface area contributed by atoms with Gasteiger partial charge >= 0.3 is 0 Å². The number of amidine groups is 4. The molecule has 0 radical (unpaired) electrons. The fourth-order valence-corrected chi connectivity index (χ4v) is 6.40. The highest BCUT2D eigenvalue weighted by Gasteiger charge is 2.31. The molecule has 4 aromatic carbocycles. The van der Waals surface area contributed by atoms with Gasteiger partial charge in [0.1, 0.15) is 0 Å². The molecule has 6 heterocycles. The number of aliphatic imine (C=N–C) groups is 4. The summed E-state index contributed by atoms with van der Waals surface area (Å²) in [6, 6.07) is 32.7. The van der Waals surface area contributed by atoms with Crippen molar-refractivity contribution in [2.24, 2.45) is 30.0 Å². The zero-order chi connectivity index (χ0) is 27.5. The molecule has 0 spiro atoms. The van der Waals surface area contributed by atoms with Crippen LogP contribution in [0, 0.1) is 0 Å². The van der Waals surface area contributed by atoms with Gasteiger partial charge < -0.3 is 0 Å². The van der Waals surface area contributed by atoms with E-state index in [-0.39, 0.29) is 0 Å². The third-order valence-electron chi connectivity index (χ3n) is 8.29. The minimum atomic E-state index is 0.620. The first-order chi connectivity index (χ1) is 20.7. The van der Waals surface area contributed by atoms with Crippen LogP contribution in [0.5, 0.6) is 0 Å². The molecule has 9 heteroatoms. The Kier molecular flexibility index (Phi) is 3.95. The van der Waals surface area contributed by atoms with E-state index in [2.05, 4.69) is 48.5 Å². The Morgan fingerprint density at radius 2 is 0.738 bits per heavy atom. The Morgan fingerprint density at radius 3 is 1.17 bits per heavy atom. The van der Waals surface area contributed by atoms with E-state index in [1.54, 1.807) is 0 Å². The molecule has 4 aliphatic heterocycles. The van der Waals surface area contributed by atoms with Crippen LogP contribution in [0.1, 0.15) is 22.3 Å². The largest absolute Gasteiger partial charge is 0.214 e. The van der Waals surface area contributed by atoms with Crippen molar-refractivity contribution in [2.75, 3.05) is 12.2 Å². The second kappa shape index (κ2) is 7.61. The molecule has 0 fully saturated rings. The lowest BCUT2D eigenvalue weighted by molar-refractivity contribution is 0.547. The summed E-state index contributed by atoms with van der Waals surface area (Å²) in [5, 5.41) is 5.85. The van der Waals surface area contributed by atoms with Gasteiger partial charge in [-0.1, -0.05) is 97.1 Å². The molecule has 0 N–H and O–H groups in total. The Balaban J connectivity index is 1.50. The highest BCUT2D eigenvalue weighted by atomic mass is 15.8. The lowest BCUT2D eigenvalue weighted by Crippen LogP contribution is -2.48. The molecule has 0 saturated heterocycles. The van der Waals surface area contributed by atoms with E-state index >= 15 is 0 Å². The summed E-state index contributed by atoms with van der Waals surface area (Å²) in [4.78, 5) is 30.9. The summed E-state index contributed by atoms with van der Waals surface area (Å²) >= 11 is 0. The van der Waals surface area contributed by atoms with Gasteiger partial charge in [-0.15, -0.1) is 0 Å². The smallest absolute Gasteiger partial charge is 0.165 e. The highest BCUT2D eigenvalue weighted by Crippen LogP contribution is 2.40. The van der Waals surface area contributed by atoms with Crippen LogP contribution in [-0.2, 0) is 0 Å². The summed E-state index contributed by atoms with van der Waals surface area (Å²) in [7, 11) is 2.00.